The molecule has 5 N–H and O–H groups in total. The largest absolute Gasteiger partial charge is 0.475 e. The van der Waals surface area contributed by atoms with Crippen LogP contribution in [0, 0.1) is 0 Å². The van der Waals surface area contributed by atoms with Gasteiger partial charge in [-0.3, -0.25) is 9.89 Å². The number of nitrogens with zero attached hydrogens (tertiary/aromatic N) is 2. The highest BCUT2D eigenvalue weighted by Gasteiger charge is 2.12. The molecule has 0 aliphatic carbocycles. The summed E-state index contributed by atoms with van der Waals surface area (Å²) < 4.78 is 4.95. The van der Waals surface area contributed by atoms with Crippen molar-refractivity contribution in [1.29, 1.82) is 0 Å². The van der Waals surface area contributed by atoms with E-state index in [2.05, 4.69) is 20.5 Å². The molecule has 2 heterocycles. The van der Waals surface area contributed by atoms with Gasteiger partial charge in [0.1, 0.15) is 5.76 Å². The van der Waals surface area contributed by atoms with Gasteiger partial charge < -0.3 is 20.6 Å². The van der Waals surface area contributed by atoms with Gasteiger partial charge in [0.05, 0.1) is 6.54 Å². The lowest BCUT2D eigenvalue weighted by Crippen LogP contribution is -2.23. The van der Waals surface area contributed by atoms with Crippen molar-refractivity contribution in [3.63, 3.8) is 0 Å². The Labute approximate surface area is 100 Å². The first kappa shape index (κ1) is 11.6. The smallest absolute Gasteiger partial charge is 0.371 e. The average Bonchev–Trinajstić information content (AvgIpc) is 2.94. The highest BCUT2D eigenvalue weighted by Crippen LogP contribution is 2.07. The number of H-pyrrole nitrogens is 1. The first-order valence-electron chi connectivity index (χ1n) is 4.84. The van der Waals surface area contributed by atoms with Crippen molar-refractivity contribution in [3.05, 3.63) is 29.5 Å². The van der Waals surface area contributed by atoms with E-state index in [-0.39, 0.29) is 24.1 Å². The van der Waals surface area contributed by atoms with Gasteiger partial charge in [0.15, 0.2) is 0 Å². The molecule has 0 spiro atoms. The number of hydrogen-bond acceptors (Lipinski definition) is 6. The van der Waals surface area contributed by atoms with Crippen LogP contribution in [0.4, 0.5) is 5.95 Å². The number of nitrogen functional groups attached to an aromatic ring is 1. The van der Waals surface area contributed by atoms with Crippen molar-refractivity contribution in [2.24, 2.45) is 0 Å². The van der Waals surface area contributed by atoms with Crippen LogP contribution in [-0.2, 0) is 6.54 Å². The summed E-state index contributed by atoms with van der Waals surface area (Å²) in [6, 6.07) is 2.76. The van der Waals surface area contributed by atoms with Crippen molar-refractivity contribution in [2.45, 2.75) is 6.54 Å². The van der Waals surface area contributed by atoms with E-state index in [4.69, 9.17) is 15.3 Å². The van der Waals surface area contributed by atoms with Crippen LogP contribution in [0.2, 0.25) is 0 Å². The van der Waals surface area contributed by atoms with Gasteiger partial charge in [-0.05, 0) is 12.1 Å². The highest BCUT2D eigenvalue weighted by molar-refractivity contribution is 5.90. The van der Waals surface area contributed by atoms with Crippen LogP contribution < -0.4 is 11.1 Å². The number of furan rings is 1. The van der Waals surface area contributed by atoms with Crippen molar-refractivity contribution >= 4 is 17.8 Å². The molecule has 0 aliphatic heterocycles. The molecule has 0 fully saturated rings. The fourth-order valence-corrected chi connectivity index (χ4v) is 1.22. The van der Waals surface area contributed by atoms with Gasteiger partial charge in [-0.25, -0.2) is 4.79 Å². The van der Waals surface area contributed by atoms with Gasteiger partial charge >= 0.3 is 5.97 Å². The minimum atomic E-state index is -1.17. The summed E-state index contributed by atoms with van der Waals surface area (Å²) in [6.07, 6.45) is 0. The molecule has 9 heteroatoms. The molecule has 2 rings (SSSR count). The Morgan fingerprint density at radius 2 is 2.28 bits per heavy atom. The molecule has 94 valence electrons. The summed E-state index contributed by atoms with van der Waals surface area (Å²) in [7, 11) is 0. The molecule has 2 aromatic rings. The molecule has 1 amide bonds. The molecule has 2 aromatic heterocycles. The van der Waals surface area contributed by atoms with Gasteiger partial charge in [0.25, 0.3) is 5.91 Å². The van der Waals surface area contributed by atoms with E-state index < -0.39 is 11.9 Å². The number of hydrogen-bond donors (Lipinski definition) is 4. The third kappa shape index (κ3) is 2.45. The number of carbonyl (C=O) groups is 2. The Balaban J connectivity index is 1.95. The Hall–Kier alpha value is -2.84. The summed E-state index contributed by atoms with van der Waals surface area (Å²) in [5.41, 5.74) is 5.24. The summed E-state index contributed by atoms with van der Waals surface area (Å²) in [6.45, 7) is 0.0344. The van der Waals surface area contributed by atoms with Crippen LogP contribution >= 0.6 is 0 Å². The molecule has 0 saturated heterocycles. The van der Waals surface area contributed by atoms with Gasteiger partial charge in [-0.1, -0.05) is 0 Å². The number of carboxylic acid groups (broad SMARTS) is 1. The number of nitrogens with one attached hydrogen (secondary N) is 2. The zero-order valence-electron chi connectivity index (χ0n) is 9.01. The van der Waals surface area contributed by atoms with Gasteiger partial charge in [0, 0.05) is 0 Å². The standard InChI is InChI=1S/C9H9N5O4/c10-9-12-6(13-14-9)7(15)11-3-4-1-2-5(18-4)8(16)17/h1-2H,3H2,(H,11,15)(H,16,17)(H3,10,12,13,14). The molecule has 0 saturated carbocycles. The van der Waals surface area contributed by atoms with Crippen LogP contribution in [0.3, 0.4) is 0 Å². The summed E-state index contributed by atoms with van der Waals surface area (Å²) in [4.78, 5) is 25.7. The maximum absolute atomic E-state index is 11.5. The summed E-state index contributed by atoms with van der Waals surface area (Å²) in [5, 5.41) is 16.9. The fraction of sp³-hybridized carbons (Fsp3) is 0.111. The monoisotopic (exact) mass is 251 g/mol. The van der Waals surface area contributed by atoms with Gasteiger partial charge in [-0.2, -0.15) is 4.98 Å². The number of rotatable bonds is 4. The predicted molar refractivity (Wildman–Crippen MR) is 57.6 cm³/mol. The highest BCUT2D eigenvalue weighted by atomic mass is 16.4. The molecule has 0 radical (unpaired) electrons. The molecule has 0 aromatic carbocycles. The third-order valence-electron chi connectivity index (χ3n) is 2.01. The lowest BCUT2D eigenvalue weighted by molar-refractivity contribution is 0.0660. The lowest BCUT2D eigenvalue weighted by Gasteiger charge is -1.99. The molecule has 0 unspecified atom stereocenters. The summed E-state index contributed by atoms with van der Waals surface area (Å²) in [5.74, 6) is -1.64. The predicted octanol–water partition coefficient (Wildman–Crippen LogP) is -0.392. The number of carbonyl (C=O) groups excluding carboxylic acids is 1. The average molecular weight is 251 g/mol. The quantitative estimate of drug-likeness (QED) is 0.578. The van der Waals surface area contributed by atoms with E-state index in [0.29, 0.717) is 5.76 Å². The topological polar surface area (TPSA) is 147 Å². The van der Waals surface area contributed by atoms with Crippen LogP contribution in [0.25, 0.3) is 0 Å². The number of aromatic carboxylic acids is 1. The second-order valence-corrected chi connectivity index (χ2v) is 3.30. The molecule has 0 aliphatic rings. The van der Waals surface area contributed by atoms with E-state index >= 15 is 0 Å². The van der Waals surface area contributed by atoms with Crippen LogP contribution in [0.5, 0.6) is 0 Å². The minimum absolute atomic E-state index is 0.0301. The van der Waals surface area contributed by atoms with Crippen LogP contribution in [0.1, 0.15) is 26.9 Å². The van der Waals surface area contributed by atoms with E-state index in [1.54, 1.807) is 0 Å². The second-order valence-electron chi connectivity index (χ2n) is 3.30. The zero-order chi connectivity index (χ0) is 13.1. The normalized spacial score (nSPS) is 10.2. The van der Waals surface area contributed by atoms with Crippen molar-refractivity contribution in [3.8, 4) is 0 Å². The number of aromatic amines is 1. The van der Waals surface area contributed by atoms with Crippen molar-refractivity contribution in [1.82, 2.24) is 20.5 Å². The van der Waals surface area contributed by atoms with E-state index in [0.717, 1.165) is 0 Å². The second kappa shape index (κ2) is 4.57. The number of aromatic nitrogens is 3. The van der Waals surface area contributed by atoms with E-state index in [1.165, 1.54) is 12.1 Å². The Morgan fingerprint density at radius 1 is 1.50 bits per heavy atom. The SMILES string of the molecule is Nc1n[nH]c(C(=O)NCc2ccc(C(=O)O)o2)n1. The van der Waals surface area contributed by atoms with E-state index in [9.17, 15) is 9.59 Å². The van der Waals surface area contributed by atoms with Crippen LogP contribution in [0.15, 0.2) is 16.5 Å². The number of carboxylic acids is 1. The van der Waals surface area contributed by atoms with Gasteiger partial charge in [0.2, 0.25) is 17.5 Å². The first-order valence-corrected chi connectivity index (χ1v) is 4.84. The molecule has 18 heavy (non-hydrogen) atoms. The van der Waals surface area contributed by atoms with Crippen molar-refractivity contribution < 1.29 is 19.1 Å². The molecule has 0 bridgehead atoms. The third-order valence-corrected chi connectivity index (χ3v) is 2.01. The first-order chi connectivity index (χ1) is 8.56. The van der Waals surface area contributed by atoms with Crippen LogP contribution in [-0.4, -0.2) is 32.2 Å². The number of anilines is 1. The number of amides is 1. The Kier molecular flexibility index (Phi) is 2.96. The molecular weight excluding hydrogens is 242 g/mol. The van der Waals surface area contributed by atoms with Gasteiger partial charge in [-0.15, -0.1) is 5.10 Å². The maximum atomic E-state index is 11.5. The molecule has 9 nitrogen and oxygen atoms in total. The lowest BCUT2D eigenvalue weighted by atomic mass is 10.4. The summed E-state index contributed by atoms with van der Waals surface area (Å²) >= 11 is 0. The van der Waals surface area contributed by atoms with Crippen molar-refractivity contribution in [2.75, 3.05) is 5.73 Å². The minimum Gasteiger partial charge on any atom is -0.475 e. The fourth-order valence-electron chi connectivity index (χ4n) is 1.22. The Morgan fingerprint density at radius 3 is 2.83 bits per heavy atom. The van der Waals surface area contributed by atoms with E-state index in [1.807, 2.05) is 0 Å². The maximum Gasteiger partial charge on any atom is 0.371 e. The zero-order valence-corrected chi connectivity index (χ0v) is 9.01. The Bertz CT molecular complexity index is 587. The number of nitrogens with two attached hydrogens (primary N) is 1. The molecule has 0 atom stereocenters. The molecular formula is C9H9N5O4.